The Kier molecular flexibility index (Phi) is 6.71. The van der Waals surface area contributed by atoms with Crippen molar-refractivity contribution in [2.24, 2.45) is 5.14 Å². The van der Waals surface area contributed by atoms with Crippen molar-refractivity contribution in [3.05, 3.63) is 41.3 Å². The fourth-order valence-electron chi connectivity index (χ4n) is 4.08. The monoisotopic (exact) mass is 461 g/mol. The average molecular weight is 462 g/mol. The Morgan fingerprint density at radius 3 is 2.81 bits per heavy atom. The third kappa shape index (κ3) is 5.80. The number of sulfonamides is 1. The van der Waals surface area contributed by atoms with Gasteiger partial charge in [-0.1, -0.05) is 11.2 Å². The van der Waals surface area contributed by atoms with Crippen molar-refractivity contribution >= 4 is 21.7 Å². The summed E-state index contributed by atoms with van der Waals surface area (Å²) in [6.45, 7) is 4.54. The molecule has 0 atom stereocenters. The van der Waals surface area contributed by atoms with Crippen LogP contribution in [0.2, 0.25) is 0 Å². The van der Waals surface area contributed by atoms with Gasteiger partial charge in [0.25, 0.3) is 0 Å². The number of anilines is 1. The lowest BCUT2D eigenvalue weighted by Crippen LogP contribution is -2.41. The Hall–Kier alpha value is -2.59. The summed E-state index contributed by atoms with van der Waals surface area (Å²) in [5.41, 5.74) is 2.84. The number of nitrogens with two attached hydrogens (primary N) is 1. The highest BCUT2D eigenvalue weighted by atomic mass is 32.2. The molecule has 1 aliphatic heterocycles. The Bertz CT molecular complexity index is 1060. The summed E-state index contributed by atoms with van der Waals surface area (Å²) in [6, 6.07) is 7.22. The van der Waals surface area contributed by atoms with Crippen LogP contribution in [0.4, 0.5) is 10.5 Å². The van der Waals surface area contributed by atoms with E-state index in [1.165, 1.54) is 0 Å². The molecule has 0 saturated heterocycles. The third-order valence-electron chi connectivity index (χ3n) is 5.93. The summed E-state index contributed by atoms with van der Waals surface area (Å²) in [5, 5.41) is 12.4. The number of unbranched alkanes of at least 4 members (excludes halogenated alkanes) is 1. The van der Waals surface area contributed by atoms with Gasteiger partial charge in [-0.25, -0.2) is 18.4 Å². The van der Waals surface area contributed by atoms with Gasteiger partial charge in [-0.05, 0) is 63.1 Å². The molecule has 174 valence electrons. The number of amides is 2. The van der Waals surface area contributed by atoms with Crippen LogP contribution in [-0.2, 0) is 23.0 Å². The van der Waals surface area contributed by atoms with E-state index in [0.29, 0.717) is 19.1 Å². The van der Waals surface area contributed by atoms with Gasteiger partial charge in [-0.2, -0.15) is 0 Å². The number of aromatic nitrogens is 1. The van der Waals surface area contributed by atoms with E-state index in [0.717, 1.165) is 74.3 Å². The topological polar surface area (TPSA) is 122 Å². The smallest absolute Gasteiger partial charge is 0.317 e. The number of aryl methyl sites for hydroxylation is 2. The molecule has 10 heteroatoms. The second kappa shape index (κ2) is 9.50. The highest BCUT2D eigenvalue weighted by Gasteiger charge is 2.26. The number of hydrogen-bond donors (Lipinski definition) is 2. The standard InChI is InChI=1S/C22H31N5O4S/c1-16-13-19(25-31-16)15-27(22(28)24-18-7-8-18)11-3-2-10-26-12-4-5-17-6-9-20(14-21(17)26)32(23,29)30/h6,9,13-14,18H,2-5,7-8,10-12,15H2,1H3,(H,24,28)(H2,23,29,30). The van der Waals surface area contributed by atoms with Gasteiger partial charge in [0.2, 0.25) is 10.0 Å². The van der Waals surface area contributed by atoms with Crippen LogP contribution in [0, 0.1) is 6.92 Å². The first-order valence-corrected chi connectivity index (χ1v) is 12.7. The molecule has 2 heterocycles. The predicted molar refractivity (Wildman–Crippen MR) is 121 cm³/mol. The number of nitrogens with one attached hydrogen (secondary N) is 1. The minimum absolute atomic E-state index is 0.0609. The minimum Gasteiger partial charge on any atom is -0.371 e. The molecule has 32 heavy (non-hydrogen) atoms. The molecule has 9 nitrogen and oxygen atoms in total. The first-order valence-electron chi connectivity index (χ1n) is 11.2. The van der Waals surface area contributed by atoms with Crippen LogP contribution >= 0.6 is 0 Å². The lowest BCUT2D eigenvalue weighted by Gasteiger charge is -2.32. The van der Waals surface area contributed by atoms with Crippen molar-refractivity contribution in [3.63, 3.8) is 0 Å². The summed E-state index contributed by atoms with van der Waals surface area (Å²) >= 11 is 0. The summed E-state index contributed by atoms with van der Waals surface area (Å²) in [5.74, 6) is 0.727. The number of nitrogens with zero attached hydrogens (tertiary/aromatic N) is 3. The maximum absolute atomic E-state index is 12.7. The molecule has 3 N–H and O–H groups in total. The van der Waals surface area contributed by atoms with Gasteiger partial charge in [0.05, 0.1) is 11.4 Å². The predicted octanol–water partition coefficient (Wildman–Crippen LogP) is 2.54. The van der Waals surface area contributed by atoms with Gasteiger partial charge >= 0.3 is 6.03 Å². The number of rotatable bonds is 9. The summed E-state index contributed by atoms with van der Waals surface area (Å²) in [6.07, 6.45) is 5.75. The highest BCUT2D eigenvalue weighted by molar-refractivity contribution is 7.89. The number of primary sulfonamides is 1. The molecule has 1 aliphatic carbocycles. The van der Waals surface area contributed by atoms with E-state index in [9.17, 15) is 13.2 Å². The lowest BCUT2D eigenvalue weighted by molar-refractivity contribution is 0.192. The number of urea groups is 1. The Labute approximate surface area is 189 Å². The first kappa shape index (κ1) is 22.6. The maximum Gasteiger partial charge on any atom is 0.317 e. The largest absolute Gasteiger partial charge is 0.371 e. The quantitative estimate of drug-likeness (QED) is 0.554. The fourth-order valence-corrected chi connectivity index (χ4v) is 4.61. The Morgan fingerprint density at radius 1 is 1.31 bits per heavy atom. The zero-order chi connectivity index (χ0) is 22.7. The summed E-state index contributed by atoms with van der Waals surface area (Å²) < 4.78 is 28.7. The molecule has 0 radical (unpaired) electrons. The summed E-state index contributed by atoms with van der Waals surface area (Å²) in [4.78, 5) is 16.8. The van der Waals surface area contributed by atoms with E-state index in [2.05, 4.69) is 15.4 Å². The van der Waals surface area contributed by atoms with Crippen molar-refractivity contribution in [2.75, 3.05) is 24.5 Å². The van der Waals surface area contributed by atoms with Crippen LogP contribution in [0.1, 0.15) is 49.1 Å². The average Bonchev–Trinajstić information content (AvgIpc) is 3.47. The zero-order valence-electron chi connectivity index (χ0n) is 18.4. The fraction of sp³-hybridized carbons (Fsp3) is 0.545. The van der Waals surface area contributed by atoms with Crippen molar-refractivity contribution < 1.29 is 17.7 Å². The number of carbonyl (C=O) groups excluding carboxylic acids is 1. The van der Waals surface area contributed by atoms with Crippen LogP contribution in [0.15, 0.2) is 33.7 Å². The van der Waals surface area contributed by atoms with Crippen molar-refractivity contribution in [1.29, 1.82) is 0 Å². The molecule has 0 unspecified atom stereocenters. The second-order valence-electron chi connectivity index (χ2n) is 8.71. The lowest BCUT2D eigenvalue weighted by atomic mass is 10.0. The van der Waals surface area contributed by atoms with E-state index < -0.39 is 10.0 Å². The van der Waals surface area contributed by atoms with Crippen LogP contribution in [0.25, 0.3) is 0 Å². The van der Waals surface area contributed by atoms with Gasteiger partial charge < -0.3 is 19.6 Å². The molecular weight excluding hydrogens is 430 g/mol. The van der Waals surface area contributed by atoms with Gasteiger partial charge in [0.15, 0.2) is 0 Å². The summed E-state index contributed by atoms with van der Waals surface area (Å²) in [7, 11) is -3.73. The molecule has 0 bridgehead atoms. The van der Waals surface area contributed by atoms with Gasteiger partial charge in [-0.3, -0.25) is 0 Å². The number of hydrogen-bond acceptors (Lipinski definition) is 6. The molecule has 4 rings (SSSR count). The van der Waals surface area contributed by atoms with Gasteiger partial charge in [0.1, 0.15) is 11.5 Å². The SMILES string of the molecule is Cc1cc(CN(CCCCN2CCCc3ccc(S(N)(=O)=O)cc32)C(=O)NC2CC2)no1. The van der Waals surface area contributed by atoms with E-state index in [-0.39, 0.29) is 10.9 Å². The van der Waals surface area contributed by atoms with Crippen molar-refractivity contribution in [1.82, 2.24) is 15.4 Å². The third-order valence-corrected chi connectivity index (χ3v) is 6.84. The van der Waals surface area contributed by atoms with Crippen LogP contribution in [0.3, 0.4) is 0 Å². The van der Waals surface area contributed by atoms with Crippen LogP contribution in [-0.4, -0.2) is 50.2 Å². The molecule has 1 aromatic carbocycles. The second-order valence-corrected chi connectivity index (χ2v) is 10.3. The maximum atomic E-state index is 12.7. The molecule has 1 saturated carbocycles. The first-order chi connectivity index (χ1) is 15.3. The van der Waals surface area contributed by atoms with E-state index >= 15 is 0 Å². The van der Waals surface area contributed by atoms with Crippen molar-refractivity contribution in [3.8, 4) is 0 Å². The molecule has 2 aromatic rings. The number of benzene rings is 1. The van der Waals surface area contributed by atoms with Gasteiger partial charge in [-0.15, -0.1) is 0 Å². The normalized spacial score (nSPS) is 16.0. The van der Waals surface area contributed by atoms with Crippen LogP contribution in [0.5, 0.6) is 0 Å². The minimum atomic E-state index is -3.73. The molecule has 1 fully saturated rings. The molecular formula is C22H31N5O4S. The van der Waals surface area contributed by atoms with Crippen LogP contribution < -0.4 is 15.4 Å². The number of fused-ring (bicyclic) bond motifs is 1. The zero-order valence-corrected chi connectivity index (χ0v) is 19.2. The Balaban J connectivity index is 1.35. The van der Waals surface area contributed by atoms with E-state index in [4.69, 9.17) is 9.66 Å². The van der Waals surface area contributed by atoms with E-state index in [1.807, 2.05) is 19.1 Å². The highest BCUT2D eigenvalue weighted by Crippen LogP contribution is 2.29. The molecule has 2 aliphatic rings. The van der Waals surface area contributed by atoms with E-state index in [1.54, 1.807) is 17.0 Å². The van der Waals surface area contributed by atoms with Gasteiger partial charge in [0, 0.05) is 37.4 Å². The van der Waals surface area contributed by atoms with Crippen molar-refractivity contribution in [2.45, 2.75) is 62.9 Å². The number of carbonyl (C=O) groups is 1. The Morgan fingerprint density at radius 2 is 2.12 bits per heavy atom. The molecule has 2 amide bonds. The molecule has 0 spiro atoms. The molecule has 1 aromatic heterocycles.